The Morgan fingerprint density at radius 1 is 1.07 bits per heavy atom. The van der Waals surface area contributed by atoms with Crippen molar-refractivity contribution in [2.45, 2.75) is 45.8 Å². The van der Waals surface area contributed by atoms with Gasteiger partial charge in [-0.2, -0.15) is 0 Å². The average Bonchev–Trinajstić information content (AvgIpc) is 2.71. The smallest absolute Gasteiger partial charge is 0.261 e. The van der Waals surface area contributed by atoms with Gasteiger partial charge in [-0.15, -0.1) is 0 Å². The van der Waals surface area contributed by atoms with E-state index >= 15 is 0 Å². The van der Waals surface area contributed by atoms with Gasteiger partial charge in [0.2, 0.25) is 5.91 Å². The van der Waals surface area contributed by atoms with Crippen LogP contribution in [0.5, 0.6) is 5.75 Å². The first-order valence-corrected chi connectivity index (χ1v) is 9.81. The highest BCUT2D eigenvalue weighted by atomic mass is 35.5. The molecule has 0 bridgehead atoms. The van der Waals surface area contributed by atoms with Gasteiger partial charge in [-0.05, 0) is 44.0 Å². The lowest BCUT2D eigenvalue weighted by Crippen LogP contribution is -2.50. The van der Waals surface area contributed by atoms with E-state index in [0.29, 0.717) is 10.8 Å². The van der Waals surface area contributed by atoms with Crippen LogP contribution in [0, 0.1) is 0 Å². The second-order valence-electron chi connectivity index (χ2n) is 6.71. The molecule has 0 saturated heterocycles. The fourth-order valence-corrected chi connectivity index (χ4v) is 2.80. The number of nitrogens with one attached hydrogen (secondary N) is 1. The normalized spacial score (nSPS) is 12.7. The first-order valence-electron chi connectivity index (χ1n) is 9.43. The average molecular weight is 403 g/mol. The minimum absolute atomic E-state index is 0.0350. The number of nitrogens with zero attached hydrogens (tertiary/aromatic N) is 1. The monoisotopic (exact) mass is 402 g/mol. The van der Waals surface area contributed by atoms with Gasteiger partial charge in [-0.25, -0.2) is 0 Å². The molecule has 0 aliphatic carbocycles. The topological polar surface area (TPSA) is 58.6 Å². The zero-order valence-corrected chi connectivity index (χ0v) is 17.3. The first kappa shape index (κ1) is 21.8. The molecule has 2 atom stereocenters. The summed E-state index contributed by atoms with van der Waals surface area (Å²) < 4.78 is 5.59. The first-order chi connectivity index (χ1) is 13.4. The van der Waals surface area contributed by atoms with Gasteiger partial charge in [0.1, 0.15) is 11.8 Å². The SMILES string of the molecule is CC[C@@H](C)NC(=O)[C@@H](C)N(Cc1ccccc1Cl)C(=O)COc1ccccc1. The number of rotatable bonds is 9. The van der Waals surface area contributed by atoms with Crippen LogP contribution in [-0.2, 0) is 16.1 Å². The van der Waals surface area contributed by atoms with Crippen LogP contribution in [-0.4, -0.2) is 35.4 Å². The predicted octanol–water partition coefficient (Wildman–Crippen LogP) is 4.05. The van der Waals surface area contributed by atoms with E-state index in [9.17, 15) is 9.59 Å². The largest absolute Gasteiger partial charge is 0.484 e. The third kappa shape index (κ3) is 6.27. The fraction of sp³-hybridized carbons (Fsp3) is 0.364. The minimum Gasteiger partial charge on any atom is -0.484 e. The van der Waals surface area contributed by atoms with Crippen molar-refractivity contribution < 1.29 is 14.3 Å². The molecule has 2 amide bonds. The molecule has 2 aromatic carbocycles. The molecule has 28 heavy (non-hydrogen) atoms. The maximum Gasteiger partial charge on any atom is 0.261 e. The van der Waals surface area contributed by atoms with E-state index in [4.69, 9.17) is 16.3 Å². The molecule has 0 aliphatic rings. The Hall–Kier alpha value is -2.53. The van der Waals surface area contributed by atoms with Crippen LogP contribution in [0.2, 0.25) is 5.02 Å². The van der Waals surface area contributed by atoms with E-state index in [0.717, 1.165) is 12.0 Å². The van der Waals surface area contributed by atoms with Crippen molar-refractivity contribution in [3.05, 3.63) is 65.2 Å². The highest BCUT2D eigenvalue weighted by molar-refractivity contribution is 6.31. The zero-order chi connectivity index (χ0) is 20.5. The molecule has 0 heterocycles. The van der Waals surface area contributed by atoms with Crippen LogP contribution in [0.1, 0.15) is 32.8 Å². The molecule has 0 unspecified atom stereocenters. The third-order valence-electron chi connectivity index (χ3n) is 4.57. The third-order valence-corrected chi connectivity index (χ3v) is 4.94. The lowest BCUT2D eigenvalue weighted by Gasteiger charge is -2.29. The Kier molecular flexibility index (Phi) is 8.33. The molecule has 6 heteroatoms. The van der Waals surface area contributed by atoms with Crippen molar-refractivity contribution in [2.24, 2.45) is 0 Å². The molecule has 150 valence electrons. The van der Waals surface area contributed by atoms with Crippen LogP contribution >= 0.6 is 11.6 Å². The summed E-state index contributed by atoms with van der Waals surface area (Å²) in [5, 5.41) is 3.49. The molecule has 0 fully saturated rings. The highest BCUT2D eigenvalue weighted by Crippen LogP contribution is 2.19. The molecule has 2 rings (SSSR count). The molecular weight excluding hydrogens is 376 g/mol. The summed E-state index contributed by atoms with van der Waals surface area (Å²) in [6, 6.07) is 15.8. The second-order valence-corrected chi connectivity index (χ2v) is 7.12. The number of hydrogen-bond acceptors (Lipinski definition) is 3. The van der Waals surface area contributed by atoms with Gasteiger partial charge in [0.25, 0.3) is 5.91 Å². The van der Waals surface area contributed by atoms with Gasteiger partial charge in [0.05, 0.1) is 0 Å². The Bertz CT molecular complexity index is 782. The number of ether oxygens (including phenoxy) is 1. The Morgan fingerprint density at radius 2 is 1.71 bits per heavy atom. The van der Waals surface area contributed by atoms with E-state index in [-0.39, 0.29) is 31.0 Å². The van der Waals surface area contributed by atoms with E-state index in [1.807, 2.05) is 50.2 Å². The Labute approximate surface area is 171 Å². The van der Waals surface area contributed by atoms with Crippen LogP contribution in [0.25, 0.3) is 0 Å². The number of benzene rings is 2. The predicted molar refractivity (Wildman–Crippen MR) is 111 cm³/mol. The maximum absolute atomic E-state index is 12.9. The van der Waals surface area contributed by atoms with Crippen LogP contribution in [0.4, 0.5) is 0 Å². The van der Waals surface area contributed by atoms with Crippen LogP contribution in [0.15, 0.2) is 54.6 Å². The number of para-hydroxylation sites is 1. The number of amides is 2. The lowest BCUT2D eigenvalue weighted by atomic mass is 10.1. The second kappa shape index (κ2) is 10.7. The van der Waals surface area contributed by atoms with E-state index in [1.165, 1.54) is 4.90 Å². The summed E-state index contributed by atoms with van der Waals surface area (Å²) in [4.78, 5) is 27.0. The number of hydrogen-bond donors (Lipinski definition) is 1. The molecule has 0 aliphatic heterocycles. The summed E-state index contributed by atoms with van der Waals surface area (Å²) in [5.74, 6) is 0.121. The lowest BCUT2D eigenvalue weighted by molar-refractivity contribution is -0.142. The number of halogens is 1. The summed E-state index contributed by atoms with van der Waals surface area (Å²) in [5.41, 5.74) is 0.778. The summed E-state index contributed by atoms with van der Waals surface area (Å²) >= 11 is 6.27. The molecule has 5 nitrogen and oxygen atoms in total. The number of carbonyl (C=O) groups excluding carboxylic acids is 2. The van der Waals surface area contributed by atoms with E-state index in [2.05, 4.69) is 5.32 Å². The van der Waals surface area contributed by atoms with Crippen molar-refractivity contribution in [3.8, 4) is 5.75 Å². The zero-order valence-electron chi connectivity index (χ0n) is 16.5. The molecular formula is C22H27ClN2O3. The summed E-state index contributed by atoms with van der Waals surface area (Å²) in [7, 11) is 0. The van der Waals surface area contributed by atoms with Crippen molar-refractivity contribution in [3.63, 3.8) is 0 Å². The fourth-order valence-electron chi connectivity index (χ4n) is 2.60. The van der Waals surface area contributed by atoms with Gasteiger partial charge in [0, 0.05) is 17.6 Å². The number of carbonyl (C=O) groups is 2. The molecule has 0 spiro atoms. The highest BCUT2D eigenvalue weighted by Gasteiger charge is 2.27. The van der Waals surface area contributed by atoms with Crippen LogP contribution in [0.3, 0.4) is 0 Å². The Morgan fingerprint density at radius 3 is 2.36 bits per heavy atom. The standard InChI is InChI=1S/C22H27ClN2O3/c1-4-16(2)24-22(27)17(3)25(14-18-10-8-9-13-20(18)23)21(26)15-28-19-11-6-5-7-12-19/h5-13,16-17H,4,14-15H2,1-3H3,(H,24,27)/t16-,17-/m1/s1. The van der Waals surface area contributed by atoms with E-state index < -0.39 is 6.04 Å². The molecule has 2 aromatic rings. The van der Waals surface area contributed by atoms with Gasteiger partial charge < -0.3 is 15.0 Å². The van der Waals surface area contributed by atoms with Crippen molar-refractivity contribution >= 4 is 23.4 Å². The molecule has 0 saturated carbocycles. The van der Waals surface area contributed by atoms with Gasteiger partial charge >= 0.3 is 0 Å². The molecule has 0 aromatic heterocycles. The van der Waals surface area contributed by atoms with Crippen molar-refractivity contribution in [1.29, 1.82) is 0 Å². The molecule has 0 radical (unpaired) electrons. The minimum atomic E-state index is -0.655. The maximum atomic E-state index is 12.9. The van der Waals surface area contributed by atoms with Crippen molar-refractivity contribution in [1.82, 2.24) is 10.2 Å². The molecule has 1 N–H and O–H groups in total. The van der Waals surface area contributed by atoms with Gasteiger partial charge in [0.15, 0.2) is 6.61 Å². The van der Waals surface area contributed by atoms with E-state index in [1.54, 1.807) is 25.1 Å². The van der Waals surface area contributed by atoms with Gasteiger partial charge in [-0.3, -0.25) is 9.59 Å². The quantitative estimate of drug-likeness (QED) is 0.688. The summed E-state index contributed by atoms with van der Waals surface area (Å²) in [6.45, 7) is 5.72. The summed E-state index contributed by atoms with van der Waals surface area (Å²) in [6.07, 6.45) is 0.814. The Balaban J connectivity index is 2.15. The van der Waals surface area contributed by atoms with Crippen molar-refractivity contribution in [2.75, 3.05) is 6.61 Å². The van der Waals surface area contributed by atoms with Gasteiger partial charge in [-0.1, -0.05) is 54.9 Å². The van der Waals surface area contributed by atoms with Crippen LogP contribution < -0.4 is 10.1 Å².